The van der Waals surface area contributed by atoms with E-state index in [2.05, 4.69) is 15.0 Å². The summed E-state index contributed by atoms with van der Waals surface area (Å²) >= 11 is 0. The lowest BCUT2D eigenvalue weighted by Gasteiger charge is -2.40. The highest BCUT2D eigenvalue weighted by Crippen LogP contribution is 2.37. The molecule has 1 saturated heterocycles. The standard InChI is InChI=1S/C22H14F4N4/c23-17-6-4-13(8-18(17)24)14-3-5-16-19(9-14)28-20(15-2-1-7-27-10-15)29-21(16)30-11-22(25,26)12-30/h1-10H,11-12H2. The van der Waals surface area contributed by atoms with E-state index in [-0.39, 0.29) is 0 Å². The van der Waals surface area contributed by atoms with Crippen LogP contribution in [0.2, 0.25) is 0 Å². The molecule has 30 heavy (non-hydrogen) atoms. The average Bonchev–Trinajstić information content (AvgIpc) is 2.73. The SMILES string of the molecule is Fc1ccc(-c2ccc3c(N4CC(F)(F)C4)nc(-c4cccnc4)nc3c2)cc1F. The van der Waals surface area contributed by atoms with Crippen LogP contribution >= 0.6 is 0 Å². The van der Waals surface area contributed by atoms with Gasteiger partial charge < -0.3 is 4.90 Å². The smallest absolute Gasteiger partial charge is 0.282 e. The summed E-state index contributed by atoms with van der Waals surface area (Å²) < 4.78 is 53.9. The fourth-order valence-corrected chi connectivity index (χ4v) is 3.50. The Kier molecular flexibility index (Phi) is 4.16. The molecular formula is C22H14F4N4. The van der Waals surface area contributed by atoms with Gasteiger partial charge in [0.15, 0.2) is 17.5 Å². The van der Waals surface area contributed by atoms with E-state index in [1.54, 1.807) is 42.7 Å². The third-order valence-corrected chi connectivity index (χ3v) is 4.99. The lowest BCUT2D eigenvalue weighted by molar-refractivity contribution is -0.0265. The Bertz CT molecular complexity index is 1250. The first kappa shape index (κ1) is 18.5. The summed E-state index contributed by atoms with van der Waals surface area (Å²) in [5.74, 6) is -3.88. The normalized spacial score (nSPS) is 15.3. The zero-order chi connectivity index (χ0) is 20.9. The number of aromatic nitrogens is 3. The van der Waals surface area contributed by atoms with Crippen LogP contribution in [0.1, 0.15) is 0 Å². The van der Waals surface area contributed by atoms with E-state index < -0.39 is 30.6 Å². The number of pyridine rings is 1. The highest BCUT2D eigenvalue weighted by molar-refractivity contribution is 5.94. The minimum Gasteiger partial charge on any atom is -0.344 e. The van der Waals surface area contributed by atoms with Crippen LogP contribution < -0.4 is 4.90 Å². The minimum atomic E-state index is -2.75. The number of alkyl halides is 2. The number of anilines is 1. The van der Waals surface area contributed by atoms with Gasteiger partial charge in [-0.25, -0.2) is 27.5 Å². The van der Waals surface area contributed by atoms with Crippen molar-refractivity contribution in [1.82, 2.24) is 15.0 Å². The molecule has 0 radical (unpaired) electrons. The lowest BCUT2D eigenvalue weighted by Crippen LogP contribution is -2.56. The van der Waals surface area contributed by atoms with Crippen molar-refractivity contribution in [2.75, 3.05) is 18.0 Å². The van der Waals surface area contributed by atoms with Gasteiger partial charge in [0.2, 0.25) is 0 Å². The maximum Gasteiger partial charge on any atom is 0.282 e. The molecule has 0 amide bonds. The monoisotopic (exact) mass is 410 g/mol. The zero-order valence-corrected chi connectivity index (χ0v) is 15.5. The van der Waals surface area contributed by atoms with Gasteiger partial charge in [0, 0.05) is 23.3 Å². The number of rotatable bonds is 3. The van der Waals surface area contributed by atoms with Gasteiger partial charge in [0.1, 0.15) is 5.82 Å². The summed E-state index contributed by atoms with van der Waals surface area (Å²) in [6, 6.07) is 12.3. The molecule has 4 aromatic rings. The van der Waals surface area contributed by atoms with Crippen molar-refractivity contribution in [1.29, 1.82) is 0 Å². The Morgan fingerprint density at radius 1 is 0.833 bits per heavy atom. The van der Waals surface area contributed by atoms with Crippen LogP contribution in [0.3, 0.4) is 0 Å². The first-order valence-corrected chi connectivity index (χ1v) is 9.20. The van der Waals surface area contributed by atoms with E-state index in [1.165, 1.54) is 11.0 Å². The summed E-state index contributed by atoms with van der Waals surface area (Å²) in [7, 11) is 0. The predicted molar refractivity (Wildman–Crippen MR) is 105 cm³/mol. The van der Waals surface area contributed by atoms with Crippen LogP contribution in [0.5, 0.6) is 0 Å². The van der Waals surface area contributed by atoms with Gasteiger partial charge in [-0.05, 0) is 47.5 Å². The van der Waals surface area contributed by atoms with Crippen molar-refractivity contribution in [2.45, 2.75) is 5.92 Å². The van der Waals surface area contributed by atoms with E-state index in [9.17, 15) is 17.6 Å². The quantitative estimate of drug-likeness (QED) is 0.441. The largest absolute Gasteiger partial charge is 0.344 e. The maximum atomic E-state index is 13.7. The number of hydrogen-bond acceptors (Lipinski definition) is 4. The van der Waals surface area contributed by atoms with Gasteiger partial charge in [-0.2, -0.15) is 0 Å². The molecule has 2 aromatic carbocycles. The van der Waals surface area contributed by atoms with Crippen molar-refractivity contribution in [3.8, 4) is 22.5 Å². The molecular weight excluding hydrogens is 396 g/mol. The molecule has 5 rings (SSSR count). The predicted octanol–water partition coefficient (Wildman–Crippen LogP) is 5.09. The van der Waals surface area contributed by atoms with Crippen LogP contribution in [-0.2, 0) is 0 Å². The third-order valence-electron chi connectivity index (χ3n) is 4.99. The summed E-state index contributed by atoms with van der Waals surface area (Å²) in [5.41, 5.74) is 2.26. The molecule has 8 heteroatoms. The second-order valence-corrected chi connectivity index (χ2v) is 7.19. The molecule has 2 aromatic heterocycles. The van der Waals surface area contributed by atoms with Gasteiger partial charge >= 0.3 is 0 Å². The maximum absolute atomic E-state index is 13.7. The van der Waals surface area contributed by atoms with Gasteiger partial charge in [-0.15, -0.1) is 0 Å². The Labute approximate surface area is 168 Å². The molecule has 3 heterocycles. The summed E-state index contributed by atoms with van der Waals surface area (Å²) in [5, 5.41) is 0.601. The second kappa shape index (κ2) is 6.76. The minimum absolute atomic E-state index is 0.350. The number of nitrogens with zero attached hydrogens (tertiary/aromatic N) is 4. The highest BCUT2D eigenvalue weighted by atomic mass is 19.3. The van der Waals surface area contributed by atoms with Crippen molar-refractivity contribution < 1.29 is 17.6 Å². The number of fused-ring (bicyclic) bond motifs is 1. The molecule has 0 unspecified atom stereocenters. The zero-order valence-electron chi connectivity index (χ0n) is 15.5. The Hall–Kier alpha value is -3.55. The average molecular weight is 410 g/mol. The van der Waals surface area contributed by atoms with Crippen molar-refractivity contribution in [3.05, 3.63) is 72.6 Å². The van der Waals surface area contributed by atoms with E-state index in [4.69, 9.17) is 0 Å². The van der Waals surface area contributed by atoms with Gasteiger partial charge in [0.05, 0.1) is 18.6 Å². The van der Waals surface area contributed by atoms with Crippen molar-refractivity contribution >= 4 is 16.7 Å². The van der Waals surface area contributed by atoms with Crippen LogP contribution in [0.15, 0.2) is 60.9 Å². The Morgan fingerprint density at radius 2 is 1.60 bits per heavy atom. The molecule has 0 atom stereocenters. The molecule has 0 N–H and O–H groups in total. The number of benzene rings is 2. The number of halogens is 4. The van der Waals surface area contributed by atoms with Gasteiger partial charge in [-0.3, -0.25) is 4.98 Å². The molecule has 0 saturated carbocycles. The van der Waals surface area contributed by atoms with Crippen LogP contribution in [0.4, 0.5) is 23.4 Å². The third kappa shape index (κ3) is 3.24. The first-order valence-electron chi connectivity index (χ1n) is 9.20. The van der Waals surface area contributed by atoms with Crippen molar-refractivity contribution in [2.24, 2.45) is 0 Å². The fourth-order valence-electron chi connectivity index (χ4n) is 3.50. The fraction of sp³-hybridized carbons (Fsp3) is 0.136. The summed E-state index contributed by atoms with van der Waals surface area (Å²) in [6.45, 7) is -0.840. The number of hydrogen-bond donors (Lipinski definition) is 0. The van der Waals surface area contributed by atoms with Gasteiger partial charge in [0.25, 0.3) is 5.92 Å². The van der Waals surface area contributed by atoms with E-state index in [1.807, 2.05) is 0 Å². The Morgan fingerprint density at radius 3 is 2.30 bits per heavy atom. The molecule has 1 aliphatic heterocycles. The van der Waals surface area contributed by atoms with E-state index in [0.29, 0.717) is 39.2 Å². The Balaban J connectivity index is 1.67. The first-order chi connectivity index (χ1) is 14.4. The highest BCUT2D eigenvalue weighted by Gasteiger charge is 2.45. The van der Waals surface area contributed by atoms with E-state index in [0.717, 1.165) is 12.1 Å². The molecule has 0 spiro atoms. The molecule has 1 aliphatic rings. The molecule has 0 bridgehead atoms. The van der Waals surface area contributed by atoms with Crippen LogP contribution in [-0.4, -0.2) is 34.0 Å². The summed E-state index contributed by atoms with van der Waals surface area (Å²) in [6.07, 6.45) is 3.21. The van der Waals surface area contributed by atoms with Crippen LogP contribution in [0.25, 0.3) is 33.4 Å². The second-order valence-electron chi connectivity index (χ2n) is 7.19. The van der Waals surface area contributed by atoms with Gasteiger partial charge in [-0.1, -0.05) is 12.1 Å². The summed E-state index contributed by atoms with van der Waals surface area (Å²) in [4.78, 5) is 14.7. The van der Waals surface area contributed by atoms with Crippen molar-refractivity contribution in [3.63, 3.8) is 0 Å². The molecule has 1 fully saturated rings. The van der Waals surface area contributed by atoms with Crippen LogP contribution in [0, 0.1) is 11.6 Å². The molecule has 4 nitrogen and oxygen atoms in total. The lowest BCUT2D eigenvalue weighted by atomic mass is 10.0. The van der Waals surface area contributed by atoms with E-state index >= 15 is 0 Å². The topological polar surface area (TPSA) is 41.9 Å². The molecule has 150 valence electrons. The molecule has 0 aliphatic carbocycles.